The molecule has 1 heterocycles. The predicted octanol–water partition coefficient (Wildman–Crippen LogP) is 1.49. The van der Waals surface area contributed by atoms with E-state index in [4.69, 9.17) is 5.11 Å². The first kappa shape index (κ1) is 13.4. The van der Waals surface area contributed by atoms with Gasteiger partial charge in [-0.15, -0.1) is 0 Å². The largest absolute Gasteiger partial charge is 0.480 e. The van der Waals surface area contributed by atoms with E-state index >= 15 is 0 Å². The van der Waals surface area contributed by atoms with Gasteiger partial charge in [-0.2, -0.15) is 0 Å². The Hall–Kier alpha value is -1.66. The molecule has 0 radical (unpaired) electrons. The lowest BCUT2D eigenvalue weighted by Crippen LogP contribution is -2.50. The van der Waals surface area contributed by atoms with Crippen LogP contribution in [0.1, 0.15) is 13.3 Å². The van der Waals surface area contributed by atoms with Crippen LogP contribution >= 0.6 is 0 Å². The Bertz CT molecular complexity index is 358. The first-order chi connectivity index (χ1) is 7.73. The van der Waals surface area contributed by atoms with E-state index in [1.807, 2.05) is 0 Å². The molecule has 0 aromatic carbocycles. The summed E-state index contributed by atoms with van der Waals surface area (Å²) < 4.78 is 31.0. The van der Waals surface area contributed by atoms with Crippen molar-refractivity contribution in [1.29, 1.82) is 0 Å². The van der Waals surface area contributed by atoms with Crippen LogP contribution in [0.5, 0.6) is 0 Å². The molecule has 0 aromatic rings. The van der Waals surface area contributed by atoms with Gasteiger partial charge >= 0.3 is 12.1 Å². The molecule has 96 valence electrons. The highest BCUT2D eigenvalue weighted by Crippen LogP contribution is 2.39. The number of hydrogen-bond acceptors (Lipinski definition) is 3. The smallest absolute Gasteiger partial charge is 0.411 e. The molecule has 0 aromatic heterocycles. The molecule has 0 unspecified atom stereocenters. The molecule has 7 heteroatoms. The molecular formula is C10H13F2NO4. The Balaban J connectivity index is 2.92. The fourth-order valence-electron chi connectivity index (χ4n) is 1.73. The fraction of sp³-hybridized carbons (Fsp3) is 0.600. The third-order valence-electron chi connectivity index (χ3n) is 2.59. The van der Waals surface area contributed by atoms with Gasteiger partial charge in [0.25, 0.3) is 5.92 Å². The van der Waals surface area contributed by atoms with Crippen LogP contribution in [0.2, 0.25) is 0 Å². The number of carboxylic acids is 1. The van der Waals surface area contributed by atoms with Crippen LogP contribution in [0.4, 0.5) is 13.6 Å². The quantitative estimate of drug-likeness (QED) is 0.769. The number of carbonyl (C=O) groups excluding carboxylic acids is 1. The molecule has 1 aliphatic heterocycles. The molecule has 1 aliphatic rings. The van der Waals surface area contributed by atoms with Crippen LogP contribution in [0, 0.1) is 0 Å². The summed E-state index contributed by atoms with van der Waals surface area (Å²) in [6.07, 6.45) is -0.727. The van der Waals surface area contributed by atoms with E-state index in [1.54, 1.807) is 0 Å². The number of nitrogens with zero attached hydrogens (tertiary/aromatic N) is 1. The summed E-state index contributed by atoms with van der Waals surface area (Å²) in [5.74, 6) is -4.70. The van der Waals surface area contributed by atoms with Crippen LogP contribution in [-0.2, 0) is 9.53 Å². The zero-order chi connectivity index (χ0) is 13.3. The third-order valence-corrected chi connectivity index (χ3v) is 2.59. The maximum Gasteiger partial charge on any atom is 0.411 e. The van der Waals surface area contributed by atoms with E-state index in [1.165, 1.54) is 6.08 Å². The van der Waals surface area contributed by atoms with Crippen LogP contribution in [0.3, 0.4) is 0 Å². The molecule has 1 atom stereocenters. The van der Waals surface area contributed by atoms with Gasteiger partial charge in [-0.05, 0) is 6.92 Å². The van der Waals surface area contributed by atoms with E-state index in [2.05, 4.69) is 11.3 Å². The Morgan fingerprint density at radius 3 is 2.65 bits per heavy atom. The topological polar surface area (TPSA) is 66.8 Å². The van der Waals surface area contributed by atoms with E-state index in [0.29, 0.717) is 4.90 Å². The molecule has 1 rings (SSSR count). The maximum absolute atomic E-state index is 13.2. The van der Waals surface area contributed by atoms with E-state index < -0.39 is 36.5 Å². The predicted molar refractivity (Wildman–Crippen MR) is 53.9 cm³/mol. The molecule has 17 heavy (non-hydrogen) atoms. The normalized spacial score (nSPS) is 26.6. The van der Waals surface area contributed by atoms with Crippen molar-refractivity contribution >= 4 is 12.1 Å². The summed E-state index contributed by atoms with van der Waals surface area (Å²) in [5, 5.41) is 8.95. The summed E-state index contributed by atoms with van der Waals surface area (Å²) in [4.78, 5) is 23.0. The van der Waals surface area contributed by atoms with Crippen LogP contribution < -0.4 is 0 Å². The lowest BCUT2D eigenvalue weighted by Gasteiger charge is -2.29. The second kappa shape index (κ2) is 4.31. The Labute approximate surface area is 96.7 Å². The average Bonchev–Trinajstić information content (AvgIpc) is 2.46. The first-order valence-electron chi connectivity index (χ1n) is 4.89. The van der Waals surface area contributed by atoms with Gasteiger partial charge in [0.15, 0.2) is 0 Å². The molecular weight excluding hydrogens is 236 g/mol. The van der Waals surface area contributed by atoms with Crippen molar-refractivity contribution in [3.05, 3.63) is 12.7 Å². The molecule has 5 nitrogen and oxygen atoms in total. The number of rotatable bonds is 3. The first-order valence-corrected chi connectivity index (χ1v) is 4.89. The van der Waals surface area contributed by atoms with Gasteiger partial charge in [-0.25, -0.2) is 18.4 Å². The van der Waals surface area contributed by atoms with Gasteiger partial charge in [0.05, 0.1) is 6.54 Å². The number of halogens is 2. The highest BCUT2D eigenvalue weighted by Gasteiger charge is 2.59. The monoisotopic (exact) mass is 249 g/mol. The van der Waals surface area contributed by atoms with Crippen molar-refractivity contribution in [3.63, 3.8) is 0 Å². The summed E-state index contributed by atoms with van der Waals surface area (Å²) in [5.41, 5.74) is -1.94. The average molecular weight is 249 g/mol. The number of ether oxygens (including phenoxy) is 1. The maximum atomic E-state index is 13.2. The summed E-state index contributed by atoms with van der Waals surface area (Å²) >= 11 is 0. The second-order valence-electron chi connectivity index (χ2n) is 4.06. The number of carbonyl (C=O) groups is 2. The minimum absolute atomic E-state index is 0.156. The van der Waals surface area contributed by atoms with Crippen molar-refractivity contribution < 1.29 is 28.2 Å². The number of likely N-dealkylation sites (tertiary alicyclic amines) is 1. The van der Waals surface area contributed by atoms with Crippen LogP contribution in [0.25, 0.3) is 0 Å². The molecule has 0 aliphatic carbocycles. The lowest BCUT2D eigenvalue weighted by molar-refractivity contribution is -0.148. The third kappa shape index (κ3) is 2.54. The molecule has 0 bridgehead atoms. The Morgan fingerprint density at radius 1 is 1.59 bits per heavy atom. The highest BCUT2D eigenvalue weighted by atomic mass is 19.3. The summed E-state index contributed by atoms with van der Waals surface area (Å²) in [6, 6.07) is 0. The SMILES string of the molecule is C=CCOC(=O)N1CC(F)(F)C[C@@]1(C)C(=O)O. The summed E-state index contributed by atoms with van der Waals surface area (Å²) in [7, 11) is 0. The number of aliphatic carboxylic acids is 1. The van der Waals surface area contributed by atoms with Gasteiger partial charge in [0, 0.05) is 6.42 Å². The van der Waals surface area contributed by atoms with E-state index in [0.717, 1.165) is 6.92 Å². The van der Waals surface area contributed by atoms with Crippen molar-refractivity contribution in [2.24, 2.45) is 0 Å². The van der Waals surface area contributed by atoms with Crippen molar-refractivity contribution in [2.45, 2.75) is 24.8 Å². The van der Waals surface area contributed by atoms with Crippen LogP contribution in [0.15, 0.2) is 12.7 Å². The van der Waals surface area contributed by atoms with Gasteiger partial charge in [-0.3, -0.25) is 4.90 Å². The molecule has 1 saturated heterocycles. The van der Waals surface area contributed by atoms with Crippen molar-refractivity contribution in [1.82, 2.24) is 4.90 Å². The fourth-order valence-corrected chi connectivity index (χ4v) is 1.73. The molecule has 1 fully saturated rings. The zero-order valence-corrected chi connectivity index (χ0v) is 9.28. The van der Waals surface area contributed by atoms with Crippen LogP contribution in [-0.4, -0.2) is 46.7 Å². The Morgan fingerprint density at radius 2 is 2.18 bits per heavy atom. The minimum atomic E-state index is -3.22. The highest BCUT2D eigenvalue weighted by molar-refractivity contribution is 5.85. The Kier molecular flexibility index (Phi) is 3.40. The summed E-state index contributed by atoms with van der Waals surface area (Å²) in [6.45, 7) is 3.27. The van der Waals surface area contributed by atoms with Crippen molar-refractivity contribution in [3.8, 4) is 0 Å². The van der Waals surface area contributed by atoms with E-state index in [9.17, 15) is 18.4 Å². The van der Waals surface area contributed by atoms with Crippen molar-refractivity contribution in [2.75, 3.05) is 13.2 Å². The number of carboxylic acid groups (broad SMARTS) is 1. The molecule has 1 amide bonds. The molecule has 0 spiro atoms. The number of alkyl halides is 2. The van der Waals surface area contributed by atoms with Gasteiger partial charge < -0.3 is 9.84 Å². The minimum Gasteiger partial charge on any atom is -0.480 e. The lowest BCUT2D eigenvalue weighted by atomic mass is 9.98. The van der Waals surface area contributed by atoms with Gasteiger partial charge in [0.1, 0.15) is 12.1 Å². The second-order valence-corrected chi connectivity index (χ2v) is 4.06. The van der Waals surface area contributed by atoms with Gasteiger partial charge in [0.2, 0.25) is 0 Å². The zero-order valence-electron chi connectivity index (χ0n) is 9.28. The number of hydrogen-bond donors (Lipinski definition) is 1. The number of amides is 1. The molecule has 1 N–H and O–H groups in total. The molecule has 0 saturated carbocycles. The standard InChI is InChI=1S/C10H13F2NO4/c1-3-4-17-8(16)13-6-10(11,12)5-9(13,2)7(14)15/h3H,1,4-6H2,2H3,(H,14,15)/t9-/m0/s1. The van der Waals surface area contributed by atoms with E-state index in [-0.39, 0.29) is 6.61 Å². The van der Waals surface area contributed by atoms with Gasteiger partial charge in [-0.1, -0.05) is 12.7 Å².